The summed E-state index contributed by atoms with van der Waals surface area (Å²) in [6, 6.07) is 4.80. The van der Waals surface area contributed by atoms with Gasteiger partial charge in [-0.1, -0.05) is 6.07 Å². The number of aromatic nitrogens is 1. The number of amides is 3. The van der Waals surface area contributed by atoms with E-state index in [1.165, 1.54) is 6.07 Å². The molecule has 32 heavy (non-hydrogen) atoms. The van der Waals surface area contributed by atoms with E-state index in [-0.39, 0.29) is 12.4 Å². The first-order chi connectivity index (χ1) is 14.5. The van der Waals surface area contributed by atoms with E-state index in [4.69, 9.17) is 14.2 Å². The molecule has 0 aromatic carbocycles. The maximum atomic E-state index is 12.7. The molecular formula is C22H36N4O6. The van der Waals surface area contributed by atoms with Crippen LogP contribution < -0.4 is 15.5 Å². The highest BCUT2D eigenvalue weighted by atomic mass is 16.6. The van der Waals surface area contributed by atoms with Gasteiger partial charge in [-0.3, -0.25) is 0 Å². The first kappa shape index (κ1) is 27.0. The highest BCUT2D eigenvalue weighted by Gasteiger charge is 2.33. The van der Waals surface area contributed by atoms with Crippen LogP contribution in [0.1, 0.15) is 62.3 Å². The van der Waals surface area contributed by atoms with Gasteiger partial charge in [-0.25, -0.2) is 19.4 Å². The van der Waals surface area contributed by atoms with Gasteiger partial charge in [0.05, 0.1) is 0 Å². The number of anilines is 2. The predicted octanol–water partition coefficient (Wildman–Crippen LogP) is 4.69. The normalized spacial score (nSPS) is 11.9. The fourth-order valence-corrected chi connectivity index (χ4v) is 2.19. The third kappa shape index (κ3) is 10.8. The molecule has 0 unspecified atom stereocenters. The van der Waals surface area contributed by atoms with Gasteiger partial charge >= 0.3 is 18.3 Å². The molecule has 0 saturated carbocycles. The van der Waals surface area contributed by atoms with E-state index in [1.807, 2.05) is 0 Å². The molecule has 2 N–H and O–H groups in total. The van der Waals surface area contributed by atoms with Crippen molar-refractivity contribution in [2.75, 3.05) is 23.3 Å². The highest BCUT2D eigenvalue weighted by Crippen LogP contribution is 2.21. The largest absolute Gasteiger partial charge is 0.444 e. The summed E-state index contributed by atoms with van der Waals surface area (Å²) in [4.78, 5) is 42.2. The number of carbonyl (C=O) groups is 3. The lowest BCUT2D eigenvalue weighted by molar-refractivity contribution is 0.0426. The van der Waals surface area contributed by atoms with Crippen molar-refractivity contribution in [2.45, 2.75) is 79.1 Å². The Morgan fingerprint density at radius 2 is 1.31 bits per heavy atom. The molecule has 0 aliphatic rings. The minimum atomic E-state index is -0.900. The third-order valence-corrected chi connectivity index (χ3v) is 3.21. The average molecular weight is 453 g/mol. The summed E-state index contributed by atoms with van der Waals surface area (Å²) in [6.07, 6.45) is -2.33. The first-order valence-corrected chi connectivity index (χ1v) is 10.4. The summed E-state index contributed by atoms with van der Waals surface area (Å²) in [6.45, 7) is 16.1. The van der Waals surface area contributed by atoms with Crippen molar-refractivity contribution in [3.8, 4) is 0 Å². The Hall–Kier alpha value is -3.04. The van der Waals surface area contributed by atoms with Crippen molar-refractivity contribution in [3.63, 3.8) is 0 Å². The molecule has 0 aliphatic carbocycles. The predicted molar refractivity (Wildman–Crippen MR) is 122 cm³/mol. The van der Waals surface area contributed by atoms with Gasteiger partial charge in [-0.05, 0) is 74.4 Å². The second-order valence-electron chi connectivity index (χ2n) is 10.0. The number of hydrogen-bond acceptors (Lipinski definition) is 8. The maximum absolute atomic E-state index is 12.7. The first-order valence-electron chi connectivity index (χ1n) is 10.4. The number of ether oxygens (including phenoxy) is 3. The second kappa shape index (κ2) is 10.5. The fraction of sp³-hybridized carbons (Fsp3) is 0.636. The molecule has 1 aromatic rings. The molecule has 0 fully saturated rings. The molecule has 10 heteroatoms. The molecule has 1 aromatic heterocycles. The standard InChI is InChI=1S/C22H36N4O6/c1-20(2,3)30-17(27)24-14-13-23-15-11-10-12-16(25-15)26(18(28)31-21(4,5)6)19(29)32-22(7,8)9/h10-12H,13-14H2,1-9H3,(H,23,25)(H,24,27). The molecule has 1 rings (SSSR count). The molecule has 0 radical (unpaired) electrons. The Kier molecular flexibility index (Phi) is 8.87. The fourth-order valence-electron chi connectivity index (χ4n) is 2.19. The van der Waals surface area contributed by atoms with Crippen LogP contribution in [-0.4, -0.2) is 53.2 Å². The van der Waals surface area contributed by atoms with E-state index in [9.17, 15) is 14.4 Å². The molecule has 0 bridgehead atoms. The van der Waals surface area contributed by atoms with E-state index in [1.54, 1.807) is 74.4 Å². The molecule has 1 heterocycles. The smallest absolute Gasteiger partial charge is 0.425 e. The van der Waals surface area contributed by atoms with Crippen LogP contribution in [0.15, 0.2) is 18.2 Å². The van der Waals surface area contributed by atoms with Crippen LogP contribution in [0.25, 0.3) is 0 Å². The number of pyridine rings is 1. The van der Waals surface area contributed by atoms with Gasteiger partial charge in [-0.15, -0.1) is 0 Å². The zero-order chi connectivity index (χ0) is 24.7. The molecule has 10 nitrogen and oxygen atoms in total. The summed E-state index contributed by atoms with van der Waals surface area (Å²) in [5.74, 6) is 0.434. The highest BCUT2D eigenvalue weighted by molar-refractivity contribution is 6.08. The molecule has 3 amide bonds. The van der Waals surface area contributed by atoms with Crippen LogP contribution in [0, 0.1) is 0 Å². The zero-order valence-electron chi connectivity index (χ0n) is 20.5. The molecule has 0 atom stereocenters. The van der Waals surface area contributed by atoms with Gasteiger partial charge in [0.25, 0.3) is 0 Å². The molecule has 0 aliphatic heterocycles. The number of carbonyl (C=O) groups excluding carboxylic acids is 3. The topological polar surface area (TPSA) is 119 Å². The van der Waals surface area contributed by atoms with Gasteiger partial charge in [-0.2, -0.15) is 4.90 Å². The van der Waals surface area contributed by atoms with Gasteiger partial charge in [0.15, 0.2) is 5.82 Å². The van der Waals surface area contributed by atoms with Crippen LogP contribution >= 0.6 is 0 Å². The Bertz CT molecular complexity index is 778. The lowest BCUT2D eigenvalue weighted by Crippen LogP contribution is -2.44. The summed E-state index contributed by atoms with van der Waals surface area (Å²) >= 11 is 0. The van der Waals surface area contributed by atoms with Gasteiger partial charge in [0.1, 0.15) is 22.6 Å². The maximum Gasteiger partial charge on any atom is 0.425 e. The Labute approximate surface area is 190 Å². The Morgan fingerprint density at radius 3 is 1.78 bits per heavy atom. The zero-order valence-corrected chi connectivity index (χ0v) is 20.5. The summed E-state index contributed by atoms with van der Waals surface area (Å²) in [7, 11) is 0. The van der Waals surface area contributed by atoms with Crippen LogP contribution in [0.4, 0.5) is 26.0 Å². The summed E-state index contributed by atoms with van der Waals surface area (Å²) < 4.78 is 15.9. The molecular weight excluding hydrogens is 416 g/mol. The number of hydrogen-bond donors (Lipinski definition) is 2. The van der Waals surface area contributed by atoms with Crippen molar-refractivity contribution in [1.29, 1.82) is 0 Å². The summed E-state index contributed by atoms with van der Waals surface area (Å²) in [5.41, 5.74) is -2.22. The molecule has 0 spiro atoms. The molecule has 0 saturated heterocycles. The summed E-state index contributed by atoms with van der Waals surface area (Å²) in [5, 5.41) is 5.64. The Morgan fingerprint density at radius 1 is 0.812 bits per heavy atom. The number of rotatable bonds is 5. The van der Waals surface area contributed by atoms with Crippen LogP contribution in [0.2, 0.25) is 0 Å². The van der Waals surface area contributed by atoms with E-state index in [2.05, 4.69) is 15.6 Å². The number of imide groups is 1. The quantitative estimate of drug-likeness (QED) is 0.488. The van der Waals surface area contributed by atoms with Crippen molar-refractivity contribution in [1.82, 2.24) is 10.3 Å². The van der Waals surface area contributed by atoms with Crippen molar-refractivity contribution >= 4 is 29.9 Å². The third-order valence-electron chi connectivity index (χ3n) is 3.21. The number of nitrogens with one attached hydrogen (secondary N) is 2. The number of alkyl carbamates (subject to hydrolysis) is 1. The lowest BCUT2D eigenvalue weighted by Gasteiger charge is -2.28. The van der Waals surface area contributed by atoms with Gasteiger partial charge < -0.3 is 24.8 Å². The van der Waals surface area contributed by atoms with E-state index in [0.29, 0.717) is 12.4 Å². The molecule has 180 valence electrons. The van der Waals surface area contributed by atoms with Crippen LogP contribution in [0.3, 0.4) is 0 Å². The van der Waals surface area contributed by atoms with Crippen molar-refractivity contribution < 1.29 is 28.6 Å². The van der Waals surface area contributed by atoms with Crippen molar-refractivity contribution in [2.24, 2.45) is 0 Å². The van der Waals surface area contributed by atoms with Gasteiger partial charge in [0, 0.05) is 13.1 Å². The minimum Gasteiger partial charge on any atom is -0.444 e. The lowest BCUT2D eigenvalue weighted by atomic mass is 10.2. The van der Waals surface area contributed by atoms with E-state index >= 15 is 0 Å². The van der Waals surface area contributed by atoms with Crippen LogP contribution in [-0.2, 0) is 14.2 Å². The SMILES string of the molecule is CC(C)(C)OC(=O)NCCNc1cccc(N(C(=O)OC(C)(C)C)C(=O)OC(C)(C)C)n1. The van der Waals surface area contributed by atoms with Gasteiger partial charge in [0.2, 0.25) is 0 Å². The van der Waals surface area contributed by atoms with Crippen LogP contribution in [0.5, 0.6) is 0 Å². The van der Waals surface area contributed by atoms with E-state index in [0.717, 1.165) is 4.90 Å². The second-order valence-corrected chi connectivity index (χ2v) is 10.0. The van der Waals surface area contributed by atoms with Crippen molar-refractivity contribution in [3.05, 3.63) is 18.2 Å². The minimum absolute atomic E-state index is 0.0404. The number of nitrogens with zero attached hydrogens (tertiary/aromatic N) is 2. The monoisotopic (exact) mass is 452 g/mol. The average Bonchev–Trinajstić information content (AvgIpc) is 2.54. The Balaban J connectivity index is 2.91. The van der Waals surface area contributed by atoms with E-state index < -0.39 is 35.1 Å².